The second-order valence-electron chi connectivity index (χ2n) is 5.92. The third-order valence-electron chi connectivity index (χ3n) is 3.99. The fourth-order valence-corrected chi connectivity index (χ4v) is 2.51. The molecule has 0 aliphatic carbocycles. The summed E-state index contributed by atoms with van der Waals surface area (Å²) >= 11 is 0. The summed E-state index contributed by atoms with van der Waals surface area (Å²) in [5, 5.41) is 13.4. The van der Waals surface area contributed by atoms with Crippen molar-refractivity contribution in [3.8, 4) is 5.69 Å². The molecule has 29 heavy (non-hydrogen) atoms. The van der Waals surface area contributed by atoms with Gasteiger partial charge in [0.05, 0.1) is 23.9 Å². The first-order valence-electron chi connectivity index (χ1n) is 8.48. The van der Waals surface area contributed by atoms with Crippen LogP contribution in [0, 0.1) is 6.92 Å². The summed E-state index contributed by atoms with van der Waals surface area (Å²) in [6, 6.07) is 11.3. The van der Waals surface area contributed by atoms with Crippen molar-refractivity contribution in [3.05, 3.63) is 65.5 Å². The van der Waals surface area contributed by atoms with E-state index < -0.39 is 24.5 Å². The molecule has 1 amide bonds. The summed E-state index contributed by atoms with van der Waals surface area (Å²) in [6.45, 7) is 1.26. The number of nitrogens with zero attached hydrogens (tertiary/aromatic N) is 4. The molecule has 1 N–H and O–H groups in total. The molecule has 0 saturated heterocycles. The van der Waals surface area contributed by atoms with E-state index in [1.54, 1.807) is 43.3 Å². The molecule has 10 nitrogen and oxygen atoms in total. The van der Waals surface area contributed by atoms with Gasteiger partial charge in [0.2, 0.25) is 0 Å². The van der Waals surface area contributed by atoms with E-state index in [-0.39, 0.29) is 5.56 Å². The summed E-state index contributed by atoms with van der Waals surface area (Å²) in [4.78, 5) is 36.3. The second-order valence-corrected chi connectivity index (χ2v) is 5.92. The standard InChI is InChI=1S/C19H17N5O5/c1-12-7-8-13(18(26)28-2)9-15(12)21-17(25)10-29-19(27)14-5-3-4-6-16(14)24-11-20-22-23-24/h3-9,11H,10H2,1-2H3,(H,21,25). The van der Waals surface area contributed by atoms with Gasteiger partial charge in [0, 0.05) is 5.69 Å². The van der Waals surface area contributed by atoms with Crippen LogP contribution in [0.5, 0.6) is 0 Å². The van der Waals surface area contributed by atoms with Crippen LogP contribution in [0.4, 0.5) is 5.69 Å². The number of rotatable bonds is 6. The molecule has 0 spiro atoms. The quantitative estimate of drug-likeness (QED) is 0.623. The number of ether oxygens (including phenoxy) is 2. The molecule has 3 rings (SSSR count). The van der Waals surface area contributed by atoms with Gasteiger partial charge in [0.25, 0.3) is 5.91 Å². The first kappa shape index (κ1) is 19.7. The number of hydrogen-bond donors (Lipinski definition) is 1. The van der Waals surface area contributed by atoms with E-state index in [4.69, 9.17) is 4.74 Å². The van der Waals surface area contributed by atoms with Crippen LogP contribution in [0.15, 0.2) is 48.8 Å². The largest absolute Gasteiger partial charge is 0.465 e. The molecule has 0 aliphatic rings. The zero-order valence-corrected chi connectivity index (χ0v) is 15.7. The third-order valence-corrected chi connectivity index (χ3v) is 3.99. The summed E-state index contributed by atoms with van der Waals surface area (Å²) < 4.78 is 11.1. The van der Waals surface area contributed by atoms with Gasteiger partial charge in [-0.05, 0) is 47.2 Å². The Morgan fingerprint density at radius 1 is 1.10 bits per heavy atom. The number of amides is 1. The van der Waals surface area contributed by atoms with Crippen molar-refractivity contribution >= 4 is 23.5 Å². The third kappa shape index (κ3) is 4.61. The predicted molar refractivity (Wildman–Crippen MR) is 101 cm³/mol. The number of hydrogen-bond acceptors (Lipinski definition) is 8. The normalized spacial score (nSPS) is 10.3. The number of tetrazole rings is 1. The van der Waals surface area contributed by atoms with Crippen molar-refractivity contribution in [2.24, 2.45) is 0 Å². The number of nitrogens with one attached hydrogen (secondary N) is 1. The van der Waals surface area contributed by atoms with E-state index in [2.05, 4.69) is 25.6 Å². The molecular weight excluding hydrogens is 378 g/mol. The van der Waals surface area contributed by atoms with Gasteiger partial charge in [0.1, 0.15) is 6.33 Å². The summed E-state index contributed by atoms with van der Waals surface area (Å²) in [5.41, 5.74) is 2.08. The van der Waals surface area contributed by atoms with Crippen molar-refractivity contribution in [2.45, 2.75) is 6.92 Å². The zero-order valence-electron chi connectivity index (χ0n) is 15.7. The van der Waals surface area contributed by atoms with Crippen LogP contribution >= 0.6 is 0 Å². The topological polar surface area (TPSA) is 125 Å². The van der Waals surface area contributed by atoms with Crippen LogP contribution in [-0.4, -0.2) is 51.8 Å². The van der Waals surface area contributed by atoms with Gasteiger partial charge in [0.15, 0.2) is 6.61 Å². The Hall–Kier alpha value is -4.08. The molecule has 10 heteroatoms. The van der Waals surface area contributed by atoms with Gasteiger partial charge in [-0.3, -0.25) is 4.79 Å². The number of para-hydroxylation sites is 1. The molecule has 148 valence electrons. The lowest BCUT2D eigenvalue weighted by Gasteiger charge is -2.11. The number of carbonyl (C=O) groups is 3. The Morgan fingerprint density at radius 2 is 1.90 bits per heavy atom. The highest BCUT2D eigenvalue weighted by Crippen LogP contribution is 2.18. The monoisotopic (exact) mass is 395 g/mol. The lowest BCUT2D eigenvalue weighted by Crippen LogP contribution is -2.22. The lowest BCUT2D eigenvalue weighted by atomic mass is 10.1. The molecule has 0 radical (unpaired) electrons. The van der Waals surface area contributed by atoms with Crippen LogP contribution in [-0.2, 0) is 14.3 Å². The highest BCUT2D eigenvalue weighted by Gasteiger charge is 2.17. The van der Waals surface area contributed by atoms with Gasteiger partial charge < -0.3 is 14.8 Å². The number of methoxy groups -OCH3 is 1. The van der Waals surface area contributed by atoms with E-state index in [0.29, 0.717) is 16.9 Å². The molecule has 0 fully saturated rings. The molecular formula is C19H17N5O5. The minimum absolute atomic E-state index is 0.205. The van der Waals surface area contributed by atoms with Crippen molar-refractivity contribution < 1.29 is 23.9 Å². The molecule has 0 saturated carbocycles. The number of aromatic nitrogens is 4. The first-order chi connectivity index (χ1) is 14.0. The molecule has 2 aromatic carbocycles. The van der Waals surface area contributed by atoms with Gasteiger partial charge in [-0.25, -0.2) is 9.59 Å². The van der Waals surface area contributed by atoms with Crippen molar-refractivity contribution in [2.75, 3.05) is 19.0 Å². The smallest absolute Gasteiger partial charge is 0.340 e. The molecule has 3 aromatic rings. The van der Waals surface area contributed by atoms with Crippen LogP contribution in [0.3, 0.4) is 0 Å². The summed E-state index contributed by atoms with van der Waals surface area (Å²) in [7, 11) is 1.27. The molecule has 1 heterocycles. The van der Waals surface area contributed by atoms with E-state index in [1.807, 2.05) is 0 Å². The second kappa shape index (κ2) is 8.74. The van der Waals surface area contributed by atoms with Crippen molar-refractivity contribution in [3.63, 3.8) is 0 Å². The Labute approximate surface area is 165 Å². The number of aryl methyl sites for hydroxylation is 1. The lowest BCUT2D eigenvalue weighted by molar-refractivity contribution is -0.119. The average Bonchev–Trinajstić information content (AvgIpc) is 3.27. The molecule has 0 aliphatic heterocycles. The predicted octanol–water partition coefficient (Wildman–Crippen LogP) is 1.55. The van der Waals surface area contributed by atoms with Crippen LogP contribution < -0.4 is 5.32 Å². The molecule has 0 unspecified atom stereocenters. The fraction of sp³-hybridized carbons (Fsp3) is 0.158. The number of esters is 2. The highest BCUT2D eigenvalue weighted by atomic mass is 16.5. The molecule has 0 bridgehead atoms. The Bertz CT molecular complexity index is 1050. The maximum absolute atomic E-state index is 12.4. The van der Waals surface area contributed by atoms with E-state index in [9.17, 15) is 14.4 Å². The van der Waals surface area contributed by atoms with E-state index >= 15 is 0 Å². The van der Waals surface area contributed by atoms with Crippen molar-refractivity contribution in [1.29, 1.82) is 0 Å². The van der Waals surface area contributed by atoms with Crippen LogP contribution in [0.25, 0.3) is 5.69 Å². The number of anilines is 1. The Balaban J connectivity index is 1.66. The molecule has 1 aromatic heterocycles. The van der Waals surface area contributed by atoms with E-state index in [0.717, 1.165) is 5.56 Å². The van der Waals surface area contributed by atoms with Crippen molar-refractivity contribution in [1.82, 2.24) is 20.2 Å². The molecule has 0 atom stereocenters. The summed E-state index contributed by atoms with van der Waals surface area (Å²) in [6.07, 6.45) is 1.34. The Kier molecular flexibility index (Phi) is 5.93. The van der Waals surface area contributed by atoms with Crippen LogP contribution in [0.2, 0.25) is 0 Å². The number of benzene rings is 2. The Morgan fingerprint density at radius 3 is 2.62 bits per heavy atom. The van der Waals surface area contributed by atoms with E-state index in [1.165, 1.54) is 24.2 Å². The maximum Gasteiger partial charge on any atom is 0.340 e. The van der Waals surface area contributed by atoms with Gasteiger partial charge >= 0.3 is 11.9 Å². The highest BCUT2D eigenvalue weighted by molar-refractivity contribution is 5.98. The minimum Gasteiger partial charge on any atom is -0.465 e. The average molecular weight is 395 g/mol. The zero-order chi connectivity index (χ0) is 20.8. The number of carbonyl (C=O) groups excluding carboxylic acids is 3. The van der Waals surface area contributed by atoms with Gasteiger partial charge in [-0.2, -0.15) is 4.68 Å². The fourth-order valence-electron chi connectivity index (χ4n) is 2.51. The van der Waals surface area contributed by atoms with Gasteiger partial charge in [-0.15, -0.1) is 5.10 Å². The maximum atomic E-state index is 12.4. The van der Waals surface area contributed by atoms with Crippen LogP contribution in [0.1, 0.15) is 26.3 Å². The summed E-state index contributed by atoms with van der Waals surface area (Å²) in [5.74, 6) is -1.78. The van der Waals surface area contributed by atoms with Gasteiger partial charge in [-0.1, -0.05) is 18.2 Å². The first-order valence-corrected chi connectivity index (χ1v) is 8.48. The SMILES string of the molecule is COC(=O)c1ccc(C)c(NC(=O)COC(=O)c2ccccc2-n2cnnn2)c1. The minimum atomic E-state index is -0.703.